The van der Waals surface area contributed by atoms with Gasteiger partial charge in [0, 0.05) is 0 Å². The molecule has 0 spiro atoms. The molecular weight excluding hydrogens is 501 g/mol. The lowest BCUT2D eigenvalue weighted by Crippen LogP contribution is -2.41. The highest BCUT2D eigenvalue weighted by atomic mass is 31.2. The molecule has 0 unspecified atom stereocenters. The minimum Gasteiger partial charge on any atom is -0.318 e. The maximum atomic E-state index is 13.6. The summed E-state index contributed by atoms with van der Waals surface area (Å²) in [5, 5.41) is 0. The maximum Gasteiger partial charge on any atom is 0.384 e. The summed E-state index contributed by atoms with van der Waals surface area (Å²) in [7, 11) is 1.24. The lowest BCUT2D eigenvalue weighted by molar-refractivity contribution is -0.879. The van der Waals surface area contributed by atoms with Crippen LogP contribution in [0.2, 0.25) is 0 Å². The van der Waals surface area contributed by atoms with E-state index < -0.39 is 7.60 Å². The molecule has 0 heterocycles. The molecule has 0 aliphatic rings. The standard InChI is InChI=1S/C34H73NO3P/c1-6-9-11-13-15-17-19-21-23-25-27-29-32-37-39(36,34-35(4,5)31-8-3)38-33-30-28-26-24-22-20-18-16-14-12-10-7-2/h6-34H2,1-5H3/q+1. The second kappa shape index (κ2) is 28.2. The minimum atomic E-state index is -3.06. The largest absolute Gasteiger partial charge is 0.384 e. The Bertz CT molecular complexity index is 507. The monoisotopic (exact) mass is 575 g/mol. The highest BCUT2D eigenvalue weighted by Gasteiger charge is 2.34. The number of hydrogen-bond acceptors (Lipinski definition) is 3. The van der Waals surface area contributed by atoms with E-state index in [1.807, 2.05) is 0 Å². The van der Waals surface area contributed by atoms with Crippen LogP contribution in [-0.2, 0) is 13.6 Å². The van der Waals surface area contributed by atoms with Crippen molar-refractivity contribution >= 4 is 7.60 Å². The van der Waals surface area contributed by atoms with E-state index in [1.54, 1.807) is 0 Å². The molecule has 0 aromatic rings. The molecular formula is C34H73NO3P+. The first kappa shape index (κ1) is 39.1. The van der Waals surface area contributed by atoms with Crippen molar-refractivity contribution < 1.29 is 18.1 Å². The van der Waals surface area contributed by atoms with Crippen LogP contribution in [0.5, 0.6) is 0 Å². The van der Waals surface area contributed by atoms with Gasteiger partial charge in [-0.25, -0.2) is 0 Å². The molecule has 0 saturated carbocycles. The molecule has 0 aromatic carbocycles. The van der Waals surface area contributed by atoms with Crippen molar-refractivity contribution in [2.45, 2.75) is 181 Å². The van der Waals surface area contributed by atoms with Crippen LogP contribution in [0, 0.1) is 0 Å². The van der Waals surface area contributed by atoms with Gasteiger partial charge < -0.3 is 13.5 Å². The molecule has 39 heavy (non-hydrogen) atoms. The second-order valence-electron chi connectivity index (χ2n) is 12.9. The molecule has 0 rings (SSSR count). The maximum absolute atomic E-state index is 13.6. The first-order valence-electron chi connectivity index (χ1n) is 17.6. The van der Waals surface area contributed by atoms with E-state index in [0.717, 1.165) is 25.8 Å². The molecule has 236 valence electrons. The van der Waals surface area contributed by atoms with Crippen molar-refractivity contribution in [1.82, 2.24) is 0 Å². The third-order valence-corrected chi connectivity index (χ3v) is 10.2. The van der Waals surface area contributed by atoms with E-state index in [2.05, 4.69) is 34.9 Å². The summed E-state index contributed by atoms with van der Waals surface area (Å²) in [6.45, 7) is 8.88. The van der Waals surface area contributed by atoms with E-state index in [9.17, 15) is 4.57 Å². The zero-order chi connectivity index (χ0) is 28.9. The van der Waals surface area contributed by atoms with Crippen LogP contribution in [0.15, 0.2) is 0 Å². The Morgan fingerprint density at radius 1 is 0.436 bits per heavy atom. The zero-order valence-corrected chi connectivity index (χ0v) is 28.5. The van der Waals surface area contributed by atoms with E-state index in [4.69, 9.17) is 9.05 Å². The molecule has 4 nitrogen and oxygen atoms in total. The fourth-order valence-corrected chi connectivity index (χ4v) is 7.69. The van der Waals surface area contributed by atoms with Crippen LogP contribution in [0.4, 0.5) is 0 Å². The molecule has 0 bridgehead atoms. The molecule has 0 radical (unpaired) electrons. The van der Waals surface area contributed by atoms with E-state index >= 15 is 0 Å². The Hall–Kier alpha value is 0.110. The summed E-state index contributed by atoms with van der Waals surface area (Å²) in [4.78, 5) is 0. The van der Waals surface area contributed by atoms with Gasteiger partial charge in [-0.05, 0) is 19.3 Å². The van der Waals surface area contributed by atoms with Crippen molar-refractivity contribution in [3.05, 3.63) is 0 Å². The Kier molecular flexibility index (Phi) is 28.3. The lowest BCUT2D eigenvalue weighted by atomic mass is 10.1. The van der Waals surface area contributed by atoms with Gasteiger partial charge in [-0.3, -0.25) is 4.57 Å². The quantitative estimate of drug-likeness (QED) is 0.0455. The lowest BCUT2D eigenvalue weighted by Gasteiger charge is -2.32. The zero-order valence-electron chi connectivity index (χ0n) is 27.6. The van der Waals surface area contributed by atoms with Gasteiger partial charge in [0.05, 0.1) is 33.9 Å². The van der Waals surface area contributed by atoms with Gasteiger partial charge in [0.1, 0.15) is 0 Å². The third-order valence-electron chi connectivity index (χ3n) is 7.96. The Morgan fingerprint density at radius 2 is 0.718 bits per heavy atom. The summed E-state index contributed by atoms with van der Waals surface area (Å²) in [5.74, 6) is 0. The molecule has 0 aliphatic heterocycles. The molecule has 0 N–H and O–H groups in total. The highest BCUT2D eigenvalue weighted by Crippen LogP contribution is 2.50. The first-order chi connectivity index (χ1) is 18.9. The molecule has 0 atom stereocenters. The van der Waals surface area contributed by atoms with Crippen molar-refractivity contribution in [1.29, 1.82) is 0 Å². The van der Waals surface area contributed by atoms with Gasteiger partial charge in [0.25, 0.3) is 0 Å². The third kappa shape index (κ3) is 28.0. The number of rotatable bonds is 32. The van der Waals surface area contributed by atoms with Gasteiger partial charge in [-0.1, -0.05) is 162 Å². The molecule has 0 aliphatic carbocycles. The molecule has 0 fully saturated rings. The van der Waals surface area contributed by atoms with E-state index in [-0.39, 0.29) is 0 Å². The fraction of sp³-hybridized carbons (Fsp3) is 1.00. The number of quaternary nitrogens is 1. The smallest absolute Gasteiger partial charge is 0.318 e. The van der Waals surface area contributed by atoms with Gasteiger partial charge in [0.2, 0.25) is 0 Å². The topological polar surface area (TPSA) is 35.5 Å². The Labute approximate surface area is 246 Å². The van der Waals surface area contributed by atoms with Gasteiger partial charge in [-0.15, -0.1) is 0 Å². The van der Waals surface area contributed by atoms with Crippen molar-refractivity contribution in [2.75, 3.05) is 40.1 Å². The summed E-state index contributed by atoms with van der Waals surface area (Å²) < 4.78 is 26.4. The molecule has 0 aromatic heterocycles. The van der Waals surface area contributed by atoms with E-state index in [0.29, 0.717) is 24.0 Å². The minimum absolute atomic E-state index is 0.483. The SMILES string of the molecule is CCCCCCCCCCCCCCOP(=O)(C[N+](C)(C)CCC)OCCCCCCCCCCCCCC. The average molecular weight is 575 g/mol. The van der Waals surface area contributed by atoms with E-state index in [1.165, 1.54) is 141 Å². The summed E-state index contributed by atoms with van der Waals surface area (Å²) in [6.07, 6.45) is 33.3. The van der Waals surface area contributed by atoms with Gasteiger partial charge in [-0.2, -0.15) is 0 Å². The predicted molar refractivity (Wildman–Crippen MR) is 174 cm³/mol. The van der Waals surface area contributed by atoms with Crippen molar-refractivity contribution in [3.63, 3.8) is 0 Å². The molecule has 0 amide bonds. The predicted octanol–water partition coefficient (Wildman–Crippen LogP) is 12.1. The van der Waals surface area contributed by atoms with Crippen molar-refractivity contribution in [2.24, 2.45) is 0 Å². The Balaban J connectivity index is 4.01. The highest BCUT2D eigenvalue weighted by molar-refractivity contribution is 7.53. The van der Waals surface area contributed by atoms with Crippen LogP contribution in [-0.4, -0.2) is 44.6 Å². The van der Waals surface area contributed by atoms with Gasteiger partial charge in [0.15, 0.2) is 6.29 Å². The summed E-state index contributed by atoms with van der Waals surface area (Å²) in [5.41, 5.74) is 0. The van der Waals surface area contributed by atoms with Crippen LogP contribution in [0.25, 0.3) is 0 Å². The summed E-state index contributed by atoms with van der Waals surface area (Å²) >= 11 is 0. The van der Waals surface area contributed by atoms with Crippen molar-refractivity contribution in [3.8, 4) is 0 Å². The van der Waals surface area contributed by atoms with Gasteiger partial charge >= 0.3 is 7.60 Å². The van der Waals surface area contributed by atoms with Crippen LogP contribution in [0.3, 0.4) is 0 Å². The number of unbranched alkanes of at least 4 members (excludes halogenated alkanes) is 22. The number of hydrogen-bond donors (Lipinski definition) is 0. The molecule has 5 heteroatoms. The fourth-order valence-electron chi connectivity index (χ4n) is 5.56. The number of nitrogens with zero attached hydrogens (tertiary/aromatic N) is 1. The Morgan fingerprint density at radius 3 is 1.00 bits per heavy atom. The van der Waals surface area contributed by atoms with Crippen LogP contribution < -0.4 is 0 Å². The van der Waals surface area contributed by atoms with Crippen LogP contribution in [0.1, 0.15) is 181 Å². The molecule has 0 saturated heterocycles. The summed E-state index contributed by atoms with van der Waals surface area (Å²) in [6, 6.07) is 0. The average Bonchev–Trinajstić information content (AvgIpc) is 2.89. The first-order valence-corrected chi connectivity index (χ1v) is 19.3. The second-order valence-corrected chi connectivity index (χ2v) is 14.9. The van der Waals surface area contributed by atoms with Crippen LogP contribution >= 0.6 is 7.60 Å². The normalized spacial score (nSPS) is 12.4.